The van der Waals surface area contributed by atoms with E-state index in [1.54, 1.807) is 0 Å². The molecule has 4 rings (SSSR count). The zero-order chi connectivity index (χ0) is 25.2. The largest absolute Gasteiger partial charge is 0.501 e. The molecule has 2 heterocycles. The minimum Gasteiger partial charge on any atom is -0.501 e. The van der Waals surface area contributed by atoms with Gasteiger partial charge in [0, 0.05) is 31.1 Å². The summed E-state index contributed by atoms with van der Waals surface area (Å²) in [7, 11) is 1.40. The fraction of sp³-hybridized carbons (Fsp3) is 0.615. The molecular weight excluding hydrogens is 456 g/mol. The van der Waals surface area contributed by atoms with Crippen molar-refractivity contribution in [1.29, 1.82) is 0 Å². The molecule has 0 bridgehead atoms. The number of hydrogen-bond donors (Lipinski definition) is 0. The van der Waals surface area contributed by atoms with Crippen molar-refractivity contribution in [3.8, 4) is 0 Å². The van der Waals surface area contributed by atoms with E-state index in [4.69, 9.17) is 23.7 Å². The van der Waals surface area contributed by atoms with Crippen molar-refractivity contribution in [3.05, 3.63) is 35.1 Å². The van der Waals surface area contributed by atoms with E-state index in [1.807, 2.05) is 13.8 Å². The van der Waals surface area contributed by atoms with Gasteiger partial charge in [-0.3, -0.25) is 0 Å². The van der Waals surface area contributed by atoms with Crippen molar-refractivity contribution in [3.63, 3.8) is 0 Å². The molecule has 35 heavy (non-hydrogen) atoms. The Morgan fingerprint density at radius 1 is 0.800 bits per heavy atom. The van der Waals surface area contributed by atoms with E-state index in [2.05, 4.69) is 0 Å². The summed E-state index contributed by atoms with van der Waals surface area (Å²) in [6.07, 6.45) is 10.3. The Hall–Kier alpha value is -3.10. The molecule has 0 amide bonds. The average molecular weight is 489 g/mol. The molecule has 0 aromatic rings. The van der Waals surface area contributed by atoms with Crippen LogP contribution in [0.25, 0.3) is 0 Å². The van der Waals surface area contributed by atoms with Gasteiger partial charge in [0.1, 0.15) is 11.1 Å². The van der Waals surface area contributed by atoms with Gasteiger partial charge in [0.15, 0.2) is 0 Å². The van der Waals surface area contributed by atoms with Crippen LogP contribution in [-0.2, 0) is 42.9 Å². The van der Waals surface area contributed by atoms with Crippen LogP contribution in [0, 0.1) is 11.8 Å². The normalized spacial score (nSPS) is 33.6. The number of allylic oxidation sites excluding steroid dienone is 3. The van der Waals surface area contributed by atoms with Gasteiger partial charge in [-0.2, -0.15) is 0 Å². The van der Waals surface area contributed by atoms with Crippen molar-refractivity contribution in [2.45, 2.75) is 83.2 Å². The van der Waals surface area contributed by atoms with Gasteiger partial charge in [0.2, 0.25) is 0 Å². The first-order valence-corrected chi connectivity index (χ1v) is 12.3. The molecule has 2 aliphatic heterocycles. The molecular formula is C26H32O9. The highest BCUT2D eigenvalue weighted by molar-refractivity contribution is 6.16. The summed E-state index contributed by atoms with van der Waals surface area (Å²) in [5.74, 6) is -5.18. The second kappa shape index (κ2) is 9.87. The second-order valence-electron chi connectivity index (χ2n) is 9.71. The van der Waals surface area contributed by atoms with E-state index in [-0.39, 0.29) is 29.4 Å². The van der Waals surface area contributed by atoms with Crippen LogP contribution in [0.4, 0.5) is 0 Å². The van der Waals surface area contributed by atoms with Gasteiger partial charge in [0.05, 0.1) is 12.9 Å². The Morgan fingerprint density at radius 3 is 1.69 bits per heavy atom. The Morgan fingerprint density at radius 2 is 1.26 bits per heavy atom. The summed E-state index contributed by atoms with van der Waals surface area (Å²) >= 11 is 0. The second-order valence-corrected chi connectivity index (χ2v) is 9.71. The van der Waals surface area contributed by atoms with E-state index < -0.39 is 35.5 Å². The van der Waals surface area contributed by atoms with Gasteiger partial charge in [-0.25, -0.2) is 19.2 Å². The molecule has 2 saturated heterocycles. The van der Waals surface area contributed by atoms with Crippen LogP contribution in [-0.4, -0.2) is 42.6 Å². The Labute approximate surface area is 204 Å². The average Bonchev–Trinajstić information content (AvgIpc) is 2.80. The van der Waals surface area contributed by atoms with Crippen LogP contribution < -0.4 is 0 Å². The van der Waals surface area contributed by atoms with Gasteiger partial charge in [-0.1, -0.05) is 32.8 Å². The first-order valence-electron chi connectivity index (χ1n) is 12.3. The summed E-state index contributed by atoms with van der Waals surface area (Å²) in [6, 6.07) is 0. The van der Waals surface area contributed by atoms with Gasteiger partial charge in [0.25, 0.3) is 11.6 Å². The highest BCUT2D eigenvalue weighted by atomic mass is 16.8. The number of carbonyl (C=O) groups is 4. The van der Waals surface area contributed by atoms with Crippen molar-refractivity contribution < 1.29 is 42.9 Å². The molecule has 4 fully saturated rings. The number of ether oxygens (including phenoxy) is 5. The maximum absolute atomic E-state index is 12.6. The quantitative estimate of drug-likeness (QED) is 0.252. The number of rotatable bonds is 4. The molecule has 0 aromatic carbocycles. The van der Waals surface area contributed by atoms with Crippen molar-refractivity contribution in [2.24, 2.45) is 11.8 Å². The van der Waals surface area contributed by atoms with Crippen molar-refractivity contribution >= 4 is 23.9 Å². The third kappa shape index (κ3) is 4.86. The number of methoxy groups -OCH3 is 1. The van der Waals surface area contributed by atoms with Crippen molar-refractivity contribution in [2.75, 3.05) is 7.11 Å². The summed E-state index contributed by atoms with van der Waals surface area (Å²) in [5.41, 5.74) is -0.464. The SMILES string of the molecule is COC(=CC=C1C(=O)OC2(CCCCC2C)OC1=O)CC=C1C(=O)OC2(CCCCC2C)OC1=O. The van der Waals surface area contributed by atoms with Crippen LogP contribution in [0.2, 0.25) is 0 Å². The fourth-order valence-corrected chi connectivity index (χ4v) is 5.14. The maximum Gasteiger partial charge on any atom is 0.348 e. The lowest BCUT2D eigenvalue weighted by molar-refractivity contribution is -0.262. The van der Waals surface area contributed by atoms with E-state index in [0.717, 1.165) is 38.5 Å². The molecule has 190 valence electrons. The molecule has 2 aliphatic carbocycles. The molecule has 2 spiro atoms. The molecule has 2 unspecified atom stereocenters. The molecule has 9 nitrogen and oxygen atoms in total. The van der Waals surface area contributed by atoms with Gasteiger partial charge in [-0.05, 0) is 37.8 Å². The first-order chi connectivity index (χ1) is 16.7. The molecule has 2 saturated carbocycles. The van der Waals surface area contributed by atoms with Crippen LogP contribution in [0.3, 0.4) is 0 Å². The Balaban J connectivity index is 1.45. The van der Waals surface area contributed by atoms with E-state index >= 15 is 0 Å². The summed E-state index contributed by atoms with van der Waals surface area (Å²) in [6.45, 7) is 3.81. The Bertz CT molecular complexity index is 962. The van der Waals surface area contributed by atoms with Gasteiger partial charge < -0.3 is 23.7 Å². The topological polar surface area (TPSA) is 114 Å². The smallest absolute Gasteiger partial charge is 0.348 e. The molecule has 0 N–H and O–H groups in total. The summed E-state index contributed by atoms with van der Waals surface area (Å²) in [4.78, 5) is 50.4. The summed E-state index contributed by atoms with van der Waals surface area (Å²) in [5, 5.41) is 0. The van der Waals surface area contributed by atoms with Gasteiger partial charge >= 0.3 is 23.9 Å². The Kier molecular flexibility index (Phi) is 7.05. The highest BCUT2D eigenvalue weighted by Crippen LogP contribution is 2.42. The van der Waals surface area contributed by atoms with Gasteiger partial charge in [-0.15, -0.1) is 0 Å². The van der Waals surface area contributed by atoms with Crippen LogP contribution in [0.15, 0.2) is 35.1 Å². The summed E-state index contributed by atoms with van der Waals surface area (Å²) < 4.78 is 27.6. The minimum absolute atomic E-state index is 0.0352. The first kappa shape index (κ1) is 25.0. The molecule has 0 radical (unpaired) electrons. The number of esters is 4. The lowest BCUT2D eigenvalue weighted by atomic mass is 9.84. The fourth-order valence-electron chi connectivity index (χ4n) is 5.14. The maximum atomic E-state index is 12.6. The zero-order valence-corrected chi connectivity index (χ0v) is 20.4. The molecule has 0 aromatic heterocycles. The predicted octanol–water partition coefficient (Wildman–Crippen LogP) is 3.77. The number of carbonyl (C=O) groups excluding carboxylic acids is 4. The van der Waals surface area contributed by atoms with Crippen LogP contribution in [0.1, 0.15) is 71.6 Å². The van der Waals surface area contributed by atoms with E-state index in [0.29, 0.717) is 18.6 Å². The third-order valence-corrected chi connectivity index (χ3v) is 7.47. The molecule has 9 heteroatoms. The number of hydrogen-bond acceptors (Lipinski definition) is 9. The predicted molar refractivity (Wildman–Crippen MR) is 121 cm³/mol. The monoisotopic (exact) mass is 488 g/mol. The molecule has 2 atom stereocenters. The minimum atomic E-state index is -1.20. The zero-order valence-electron chi connectivity index (χ0n) is 20.4. The highest BCUT2D eigenvalue weighted by Gasteiger charge is 2.52. The lowest BCUT2D eigenvalue weighted by Crippen LogP contribution is -2.52. The van der Waals surface area contributed by atoms with Crippen LogP contribution in [0.5, 0.6) is 0 Å². The van der Waals surface area contributed by atoms with Crippen molar-refractivity contribution in [1.82, 2.24) is 0 Å². The molecule has 4 aliphatic rings. The lowest BCUT2D eigenvalue weighted by Gasteiger charge is -2.43. The standard InChI is InChI=1S/C26H32O9/c1-16-8-4-6-14-25(16)32-21(27)19(22(28)33-25)12-10-18(31-3)11-13-20-23(29)34-26(35-24(20)30)15-7-5-9-17(26)2/h10,12-13,16-17H,4-9,11,14-15H2,1-3H3. The van der Waals surface area contributed by atoms with E-state index in [1.165, 1.54) is 25.3 Å². The third-order valence-electron chi connectivity index (χ3n) is 7.47. The van der Waals surface area contributed by atoms with E-state index in [9.17, 15) is 19.2 Å². The van der Waals surface area contributed by atoms with Crippen LogP contribution >= 0.6 is 0 Å².